The summed E-state index contributed by atoms with van der Waals surface area (Å²) in [6.45, 7) is 0. The maximum Gasteiger partial charge on any atom is 0.160 e. The predicted octanol–water partition coefficient (Wildman–Crippen LogP) is 26.7. The van der Waals surface area contributed by atoms with Crippen molar-refractivity contribution in [3.63, 3.8) is 0 Å². The van der Waals surface area contributed by atoms with Crippen LogP contribution < -0.4 is 0 Å². The summed E-state index contributed by atoms with van der Waals surface area (Å²) in [5.41, 5.74) is 25.0. The molecule has 6 nitrogen and oxygen atoms in total. The van der Waals surface area contributed by atoms with Crippen LogP contribution in [-0.4, -0.2) is 29.9 Å². The van der Waals surface area contributed by atoms with Gasteiger partial charge in [0, 0.05) is 76.8 Å². The highest BCUT2D eigenvalue weighted by atomic mass is 14.9. The normalized spacial score (nSPS) is 11.3. The molecule has 4 aromatic heterocycles. The molecular formula is C102H66N6. The van der Waals surface area contributed by atoms with Crippen molar-refractivity contribution in [2.75, 3.05) is 0 Å². The lowest BCUT2D eigenvalue weighted by atomic mass is 9.93. The molecule has 0 atom stereocenters. The highest BCUT2D eigenvalue weighted by Crippen LogP contribution is 2.43. The molecule has 0 saturated carbocycles. The highest BCUT2D eigenvalue weighted by molar-refractivity contribution is 6.24. The van der Waals surface area contributed by atoms with Crippen LogP contribution in [0.5, 0.6) is 0 Å². The van der Waals surface area contributed by atoms with Crippen molar-refractivity contribution in [1.29, 1.82) is 0 Å². The van der Waals surface area contributed by atoms with Gasteiger partial charge in [-0.2, -0.15) is 0 Å². The molecular weight excluding hydrogens is 1310 g/mol. The van der Waals surface area contributed by atoms with Gasteiger partial charge in [0.25, 0.3) is 0 Å². The molecule has 0 spiro atoms. The Labute approximate surface area is 626 Å². The summed E-state index contributed by atoms with van der Waals surface area (Å²) in [6.07, 6.45) is 0. The van der Waals surface area contributed by atoms with E-state index in [2.05, 4.69) is 352 Å². The van der Waals surface area contributed by atoms with Crippen LogP contribution in [0.2, 0.25) is 0 Å². The molecule has 20 aromatic rings. The van der Waals surface area contributed by atoms with Crippen LogP contribution in [0.15, 0.2) is 400 Å². The van der Waals surface area contributed by atoms with Crippen LogP contribution >= 0.6 is 0 Å². The number of fused-ring (bicyclic) bond motifs is 10. The van der Waals surface area contributed by atoms with Crippen LogP contribution in [0.4, 0.5) is 0 Å². The van der Waals surface area contributed by atoms with Gasteiger partial charge in [0.05, 0.1) is 45.2 Å². The SMILES string of the molecule is c1ccc(-c2ccc(-c3cc(-c4ccc(-c5nc6ccc(-c7ccccc7)cc6c6c5ccc5ccccc56)cc4)nc(-c4ccc(-c5ccccc5)cc4)n3)cc2)cc1.c1ccc(-c2ccc3nc(-c4ccc(-c5cc(-c6ccccc6)nc(-c6ccccc6)n5)cc4)c4ccc5ccccc5c4c3c2)cc1. The molecule has 0 unspecified atom stereocenters. The molecule has 0 bridgehead atoms. The van der Waals surface area contributed by atoms with Gasteiger partial charge in [-0.25, -0.2) is 29.9 Å². The fraction of sp³-hybridized carbons (Fsp3) is 0. The number of nitrogens with zero attached hydrogens (tertiary/aromatic N) is 6. The second kappa shape index (κ2) is 28.3. The molecule has 0 amide bonds. The second-order valence-electron chi connectivity index (χ2n) is 27.2. The molecule has 0 aliphatic rings. The van der Waals surface area contributed by atoms with Crippen molar-refractivity contribution in [2.24, 2.45) is 0 Å². The lowest BCUT2D eigenvalue weighted by molar-refractivity contribution is 1.18. The molecule has 4 heterocycles. The molecule has 16 aromatic carbocycles. The van der Waals surface area contributed by atoms with E-state index in [0.717, 1.165) is 117 Å². The third kappa shape index (κ3) is 12.7. The van der Waals surface area contributed by atoms with Gasteiger partial charge in [0.1, 0.15) is 0 Å². The van der Waals surface area contributed by atoms with Crippen LogP contribution in [0.3, 0.4) is 0 Å². The molecule has 0 radical (unpaired) electrons. The van der Waals surface area contributed by atoms with Crippen LogP contribution in [-0.2, 0) is 0 Å². The van der Waals surface area contributed by atoms with E-state index in [-0.39, 0.29) is 0 Å². The first-order valence-corrected chi connectivity index (χ1v) is 36.5. The summed E-state index contributed by atoms with van der Waals surface area (Å²) in [6, 6.07) is 141. The van der Waals surface area contributed by atoms with Crippen LogP contribution in [0.1, 0.15) is 0 Å². The largest absolute Gasteiger partial charge is 0.247 e. The van der Waals surface area contributed by atoms with Crippen molar-refractivity contribution in [3.05, 3.63) is 400 Å². The number of pyridine rings is 2. The van der Waals surface area contributed by atoms with Gasteiger partial charge in [-0.15, -0.1) is 0 Å². The van der Waals surface area contributed by atoms with E-state index < -0.39 is 0 Å². The van der Waals surface area contributed by atoms with Crippen molar-refractivity contribution in [1.82, 2.24) is 29.9 Å². The van der Waals surface area contributed by atoms with Gasteiger partial charge >= 0.3 is 0 Å². The fourth-order valence-corrected chi connectivity index (χ4v) is 15.1. The molecule has 108 heavy (non-hydrogen) atoms. The van der Waals surface area contributed by atoms with Crippen molar-refractivity contribution in [2.45, 2.75) is 0 Å². The van der Waals surface area contributed by atoms with Crippen molar-refractivity contribution in [3.8, 4) is 135 Å². The predicted molar refractivity (Wildman–Crippen MR) is 450 cm³/mol. The first-order valence-electron chi connectivity index (χ1n) is 36.5. The van der Waals surface area contributed by atoms with Crippen molar-refractivity contribution < 1.29 is 0 Å². The molecule has 20 rings (SSSR count). The third-order valence-corrected chi connectivity index (χ3v) is 20.6. The topological polar surface area (TPSA) is 77.3 Å². The minimum atomic E-state index is 0.683. The first kappa shape index (κ1) is 64.4. The Morgan fingerprint density at radius 2 is 0.389 bits per heavy atom. The maximum atomic E-state index is 5.36. The van der Waals surface area contributed by atoms with Crippen LogP contribution in [0.25, 0.3) is 200 Å². The molecule has 6 heteroatoms. The molecule has 0 aliphatic heterocycles. The zero-order valence-corrected chi connectivity index (χ0v) is 58.8. The smallest absolute Gasteiger partial charge is 0.160 e. The Bertz CT molecular complexity index is 6540. The van der Waals surface area contributed by atoms with Gasteiger partial charge in [-0.05, 0) is 102 Å². The van der Waals surface area contributed by atoms with E-state index in [1.165, 1.54) is 71.3 Å². The summed E-state index contributed by atoms with van der Waals surface area (Å²) in [5, 5.41) is 11.9. The zero-order valence-electron chi connectivity index (χ0n) is 58.8. The standard InChI is InChI=1S/C57H37N3.C45H29N3/c1-4-12-38(13-5-1)41-20-24-44(25-21-41)53-37-54(60-57(59-53)47-30-22-42(23-31-47)39-14-6-2-7-15-39)45-26-28-46(29-27-45)56-50-34-32-43-18-10-11-19-49(43)55(50)51-36-48(33-35-52(51)58-56)40-16-8-3-9-17-40;1-4-12-30(13-5-1)36-25-27-40-39(28-36)43-37-19-11-10-14-31(37)24-26-38(43)44(46-40)34-22-20-33(21-23-34)42-29-41(32-15-6-2-7-16-32)47-45(48-42)35-17-8-3-9-18-35/h1-37H;1-29H. The first-order chi connectivity index (χ1) is 53.5. The summed E-state index contributed by atoms with van der Waals surface area (Å²) < 4.78 is 0. The zero-order chi connectivity index (χ0) is 71.7. The van der Waals surface area contributed by atoms with Gasteiger partial charge in [-0.1, -0.05) is 364 Å². The Morgan fingerprint density at radius 1 is 0.139 bits per heavy atom. The van der Waals surface area contributed by atoms with Gasteiger partial charge in [0.2, 0.25) is 0 Å². The van der Waals surface area contributed by atoms with Gasteiger partial charge in [-0.3, -0.25) is 0 Å². The molecule has 0 aliphatic carbocycles. The molecule has 504 valence electrons. The monoisotopic (exact) mass is 1370 g/mol. The minimum absolute atomic E-state index is 0.683. The van der Waals surface area contributed by atoms with E-state index >= 15 is 0 Å². The van der Waals surface area contributed by atoms with E-state index in [4.69, 9.17) is 29.9 Å². The maximum absolute atomic E-state index is 5.36. The highest BCUT2D eigenvalue weighted by Gasteiger charge is 2.20. The Kier molecular flexibility index (Phi) is 16.9. The van der Waals surface area contributed by atoms with Crippen molar-refractivity contribution >= 4 is 64.9 Å². The molecule has 0 fully saturated rings. The summed E-state index contributed by atoms with van der Waals surface area (Å²) in [5.74, 6) is 1.39. The summed E-state index contributed by atoms with van der Waals surface area (Å²) >= 11 is 0. The average molecular weight is 1380 g/mol. The lowest BCUT2D eigenvalue weighted by Crippen LogP contribution is -1.96. The second-order valence-corrected chi connectivity index (χ2v) is 27.2. The lowest BCUT2D eigenvalue weighted by Gasteiger charge is -2.14. The van der Waals surface area contributed by atoms with E-state index in [9.17, 15) is 0 Å². The van der Waals surface area contributed by atoms with Crippen LogP contribution in [0, 0.1) is 0 Å². The van der Waals surface area contributed by atoms with Gasteiger partial charge in [0.15, 0.2) is 11.6 Å². The van der Waals surface area contributed by atoms with Gasteiger partial charge < -0.3 is 0 Å². The number of aromatic nitrogens is 6. The quantitative estimate of drug-likeness (QED) is 0.113. The van der Waals surface area contributed by atoms with E-state index in [1.807, 2.05) is 48.5 Å². The number of benzene rings is 16. The Hall–Kier alpha value is -14.5. The third-order valence-electron chi connectivity index (χ3n) is 20.6. The van der Waals surface area contributed by atoms with E-state index in [0.29, 0.717) is 11.6 Å². The minimum Gasteiger partial charge on any atom is -0.247 e. The summed E-state index contributed by atoms with van der Waals surface area (Å²) in [4.78, 5) is 31.0. The molecule has 0 N–H and O–H groups in total. The number of hydrogen-bond donors (Lipinski definition) is 0. The number of hydrogen-bond acceptors (Lipinski definition) is 6. The van der Waals surface area contributed by atoms with E-state index in [1.54, 1.807) is 0 Å². The number of rotatable bonds is 12. The molecule has 0 saturated heterocycles. The Balaban J connectivity index is 0.000000151. The Morgan fingerprint density at radius 3 is 0.750 bits per heavy atom. The summed E-state index contributed by atoms with van der Waals surface area (Å²) in [7, 11) is 0. The average Bonchev–Trinajstić information content (AvgIpc) is 0.741. The fourth-order valence-electron chi connectivity index (χ4n) is 15.1.